The van der Waals surface area contributed by atoms with Gasteiger partial charge in [0.1, 0.15) is 17.4 Å². The summed E-state index contributed by atoms with van der Waals surface area (Å²) in [5, 5.41) is 20.5. The van der Waals surface area contributed by atoms with Crippen molar-refractivity contribution in [1.29, 1.82) is 5.26 Å². The van der Waals surface area contributed by atoms with Crippen LogP contribution in [0.15, 0.2) is 70.7 Å². The van der Waals surface area contributed by atoms with E-state index in [0.717, 1.165) is 5.39 Å². The number of hydrogen-bond donors (Lipinski definition) is 1. The minimum atomic E-state index is -1.10. The number of aliphatic hydroxyl groups is 1. The molecule has 1 N–H and O–H groups in total. The van der Waals surface area contributed by atoms with Crippen LogP contribution in [0.2, 0.25) is 0 Å². The van der Waals surface area contributed by atoms with Gasteiger partial charge in [0.15, 0.2) is 11.6 Å². The van der Waals surface area contributed by atoms with Crippen LogP contribution in [0.25, 0.3) is 11.0 Å². The van der Waals surface area contributed by atoms with Crippen LogP contribution in [-0.2, 0) is 9.59 Å². The van der Waals surface area contributed by atoms with Crippen LogP contribution in [0.4, 0.5) is 0 Å². The number of fused-ring (bicyclic) bond motifs is 1. The maximum absolute atomic E-state index is 11.3. The number of nitriles is 1. The Kier molecular flexibility index (Phi) is 6.42. The third kappa shape index (κ3) is 4.65. The van der Waals surface area contributed by atoms with E-state index in [1.54, 1.807) is 24.3 Å². The van der Waals surface area contributed by atoms with Gasteiger partial charge in [0.25, 0.3) is 0 Å². The Morgan fingerprint density at radius 1 is 1.15 bits per heavy atom. The fourth-order valence-electron chi connectivity index (χ4n) is 2.43. The molecule has 1 aromatic heterocycles. The average molecular weight is 349 g/mol. The summed E-state index contributed by atoms with van der Waals surface area (Å²) in [5.74, 6) is -1.09. The third-order valence-electron chi connectivity index (χ3n) is 3.79. The van der Waals surface area contributed by atoms with Crippen molar-refractivity contribution in [3.05, 3.63) is 72.0 Å². The number of carbonyl (C=O) groups excluding carboxylic acids is 2. The summed E-state index contributed by atoms with van der Waals surface area (Å²) in [4.78, 5) is 22.6. The Balaban J connectivity index is 2.10. The number of ketones is 2. The van der Waals surface area contributed by atoms with E-state index in [-0.39, 0.29) is 17.1 Å². The fraction of sp³-hybridized carbons (Fsp3) is 0.190. The molecular formula is C21H19NO4. The number of aliphatic hydroxyl groups excluding tert-OH is 1. The molecule has 0 aliphatic heterocycles. The first-order chi connectivity index (χ1) is 12.4. The molecule has 2 unspecified atom stereocenters. The molecule has 5 heteroatoms. The minimum absolute atomic E-state index is 0.105. The van der Waals surface area contributed by atoms with Crippen molar-refractivity contribution >= 4 is 22.5 Å². The van der Waals surface area contributed by atoms with Crippen LogP contribution in [-0.4, -0.2) is 16.7 Å². The summed E-state index contributed by atoms with van der Waals surface area (Å²) in [7, 11) is 0. The highest BCUT2D eigenvalue weighted by molar-refractivity contribution is 6.18. The summed E-state index contributed by atoms with van der Waals surface area (Å²) in [6, 6.07) is 11.1. The molecule has 26 heavy (non-hydrogen) atoms. The summed E-state index contributed by atoms with van der Waals surface area (Å²) < 4.78 is 5.59. The molecule has 2 rings (SSSR count). The van der Waals surface area contributed by atoms with Crippen LogP contribution in [0, 0.1) is 17.2 Å². The van der Waals surface area contributed by atoms with Crippen LogP contribution in [0.1, 0.15) is 25.7 Å². The van der Waals surface area contributed by atoms with E-state index in [4.69, 9.17) is 4.42 Å². The molecular weight excluding hydrogens is 330 g/mol. The number of benzene rings is 1. The SMILES string of the molecule is CC(=O)C(=C/C=C/C=C/C(C#N)C(O)c1cc2ccccc2o1)C(C)=O. The van der Waals surface area contributed by atoms with Crippen molar-refractivity contribution in [3.8, 4) is 6.07 Å². The molecule has 0 saturated heterocycles. The van der Waals surface area contributed by atoms with Gasteiger partial charge >= 0.3 is 0 Å². The van der Waals surface area contributed by atoms with Gasteiger partial charge in [0, 0.05) is 5.39 Å². The van der Waals surface area contributed by atoms with Gasteiger partial charge in [-0.25, -0.2) is 0 Å². The highest BCUT2D eigenvalue weighted by Crippen LogP contribution is 2.28. The van der Waals surface area contributed by atoms with Gasteiger partial charge in [0.05, 0.1) is 17.6 Å². The predicted octanol–water partition coefficient (Wildman–Crippen LogP) is 3.82. The molecule has 0 amide bonds. The standard InChI is InChI=1S/C21H19NO4/c1-14(23)18(15(2)24)10-5-3-4-9-17(13-22)21(25)20-12-16-8-6-7-11-19(16)26-20/h3-12,17,21,25H,1-2H3/b5-3+,9-4+. The number of Topliss-reactive ketones (excluding diaryl/α,β-unsaturated/α-hetero) is 2. The molecule has 2 aromatic rings. The molecule has 5 nitrogen and oxygen atoms in total. The highest BCUT2D eigenvalue weighted by atomic mass is 16.4. The lowest BCUT2D eigenvalue weighted by Crippen LogP contribution is -2.07. The van der Waals surface area contributed by atoms with Gasteiger partial charge < -0.3 is 9.52 Å². The Labute approximate surface area is 151 Å². The first kappa shape index (κ1) is 19.1. The predicted molar refractivity (Wildman–Crippen MR) is 98.0 cm³/mol. The molecule has 1 heterocycles. The van der Waals surface area contributed by atoms with Gasteiger partial charge in [-0.05, 0) is 32.1 Å². The Bertz CT molecular complexity index is 891. The lowest BCUT2D eigenvalue weighted by atomic mass is 10.0. The maximum atomic E-state index is 11.3. The topological polar surface area (TPSA) is 91.3 Å². The molecule has 0 spiro atoms. The lowest BCUT2D eigenvalue weighted by molar-refractivity contribution is -0.119. The number of carbonyl (C=O) groups is 2. The van der Waals surface area contributed by atoms with Crippen molar-refractivity contribution < 1.29 is 19.1 Å². The van der Waals surface area contributed by atoms with E-state index in [1.807, 2.05) is 24.3 Å². The quantitative estimate of drug-likeness (QED) is 0.355. The zero-order valence-corrected chi connectivity index (χ0v) is 14.5. The fourth-order valence-corrected chi connectivity index (χ4v) is 2.43. The Morgan fingerprint density at radius 3 is 2.46 bits per heavy atom. The van der Waals surface area contributed by atoms with E-state index in [2.05, 4.69) is 0 Å². The smallest absolute Gasteiger partial charge is 0.163 e. The van der Waals surface area contributed by atoms with Crippen molar-refractivity contribution in [2.45, 2.75) is 20.0 Å². The van der Waals surface area contributed by atoms with E-state index >= 15 is 0 Å². The van der Waals surface area contributed by atoms with Crippen LogP contribution >= 0.6 is 0 Å². The first-order valence-electron chi connectivity index (χ1n) is 8.07. The Hall–Kier alpha value is -3.23. The number of allylic oxidation sites excluding steroid dienone is 5. The van der Waals surface area contributed by atoms with Gasteiger partial charge in [-0.2, -0.15) is 5.26 Å². The second-order valence-electron chi connectivity index (χ2n) is 5.75. The number of para-hydroxylation sites is 1. The van der Waals surface area contributed by atoms with Gasteiger partial charge in [-0.1, -0.05) is 42.5 Å². The van der Waals surface area contributed by atoms with Crippen LogP contribution in [0.3, 0.4) is 0 Å². The van der Waals surface area contributed by atoms with E-state index in [9.17, 15) is 20.0 Å². The normalized spacial score (nSPS) is 13.6. The van der Waals surface area contributed by atoms with Crippen molar-refractivity contribution in [2.75, 3.05) is 0 Å². The van der Waals surface area contributed by atoms with E-state index in [1.165, 1.54) is 32.1 Å². The molecule has 0 bridgehead atoms. The lowest BCUT2D eigenvalue weighted by Gasteiger charge is -2.09. The monoisotopic (exact) mass is 349 g/mol. The highest BCUT2D eigenvalue weighted by Gasteiger charge is 2.21. The van der Waals surface area contributed by atoms with Crippen LogP contribution in [0.5, 0.6) is 0 Å². The molecule has 0 saturated carbocycles. The molecule has 0 aliphatic rings. The third-order valence-corrected chi connectivity index (χ3v) is 3.79. The first-order valence-corrected chi connectivity index (χ1v) is 8.07. The number of nitrogens with zero attached hydrogens (tertiary/aromatic N) is 1. The summed E-state index contributed by atoms with van der Waals surface area (Å²) in [5.41, 5.74) is 0.752. The van der Waals surface area contributed by atoms with Gasteiger partial charge in [-0.3, -0.25) is 9.59 Å². The maximum Gasteiger partial charge on any atom is 0.163 e. The van der Waals surface area contributed by atoms with Gasteiger partial charge in [-0.15, -0.1) is 0 Å². The van der Waals surface area contributed by atoms with Crippen molar-refractivity contribution in [1.82, 2.24) is 0 Å². The second kappa shape index (κ2) is 8.75. The Morgan fingerprint density at radius 2 is 1.85 bits per heavy atom. The number of hydrogen-bond acceptors (Lipinski definition) is 5. The average Bonchev–Trinajstić information content (AvgIpc) is 3.04. The molecule has 0 fully saturated rings. The summed E-state index contributed by atoms with van der Waals surface area (Å²) in [6.45, 7) is 2.65. The molecule has 1 aromatic carbocycles. The van der Waals surface area contributed by atoms with E-state index < -0.39 is 12.0 Å². The van der Waals surface area contributed by atoms with Crippen LogP contribution < -0.4 is 0 Å². The largest absolute Gasteiger partial charge is 0.458 e. The number of rotatable bonds is 7. The molecule has 0 radical (unpaired) electrons. The summed E-state index contributed by atoms with van der Waals surface area (Å²) in [6.07, 6.45) is 6.56. The van der Waals surface area contributed by atoms with E-state index in [0.29, 0.717) is 11.3 Å². The second-order valence-corrected chi connectivity index (χ2v) is 5.75. The molecule has 0 aliphatic carbocycles. The van der Waals surface area contributed by atoms with Crippen molar-refractivity contribution in [2.24, 2.45) is 5.92 Å². The zero-order chi connectivity index (χ0) is 19.1. The minimum Gasteiger partial charge on any atom is -0.458 e. The van der Waals surface area contributed by atoms with Gasteiger partial charge in [0.2, 0.25) is 0 Å². The summed E-state index contributed by atoms with van der Waals surface area (Å²) >= 11 is 0. The molecule has 2 atom stereocenters. The van der Waals surface area contributed by atoms with Crippen molar-refractivity contribution in [3.63, 3.8) is 0 Å². The zero-order valence-electron chi connectivity index (χ0n) is 14.5. The number of furan rings is 1. The molecule has 132 valence electrons.